The van der Waals surface area contributed by atoms with Crippen LogP contribution < -0.4 is 9.47 Å². The fourth-order valence-corrected chi connectivity index (χ4v) is 6.79. The lowest BCUT2D eigenvalue weighted by molar-refractivity contribution is -0.146. The zero-order chi connectivity index (χ0) is 24.6. The third-order valence-electron chi connectivity index (χ3n) is 8.59. The zero-order valence-electron chi connectivity index (χ0n) is 21.1. The quantitative estimate of drug-likeness (QED) is 0.362. The summed E-state index contributed by atoms with van der Waals surface area (Å²) >= 11 is 0. The molecule has 0 radical (unpaired) electrons. The summed E-state index contributed by atoms with van der Waals surface area (Å²) < 4.78 is 22.6. The van der Waals surface area contributed by atoms with E-state index < -0.39 is 0 Å². The van der Waals surface area contributed by atoms with Crippen molar-refractivity contribution >= 4 is 5.97 Å². The van der Waals surface area contributed by atoms with Gasteiger partial charge in [-0.1, -0.05) is 25.1 Å². The number of nitrogens with zero attached hydrogens (tertiary/aromatic N) is 1. The first kappa shape index (κ1) is 24.0. The molecule has 1 aromatic carbocycles. The number of hydrogen-bond donors (Lipinski definition) is 0. The lowest BCUT2D eigenvalue weighted by Gasteiger charge is -2.50. The summed E-state index contributed by atoms with van der Waals surface area (Å²) in [6, 6.07) is 9.86. The van der Waals surface area contributed by atoms with Crippen LogP contribution in [0.15, 0.2) is 53.2 Å². The average molecular weight is 480 g/mol. The Morgan fingerprint density at radius 2 is 2.00 bits per heavy atom. The number of benzene rings is 1. The molecule has 6 heteroatoms. The number of hydrogen-bond acceptors (Lipinski definition) is 6. The molecule has 1 aliphatic heterocycles. The Hall–Kier alpha value is -2.73. The molecule has 1 aromatic heterocycles. The average Bonchev–Trinajstić information content (AvgIpc) is 3.45. The Morgan fingerprint density at radius 1 is 1.17 bits per heavy atom. The van der Waals surface area contributed by atoms with Crippen molar-refractivity contribution in [2.75, 3.05) is 20.8 Å². The molecule has 0 N–H and O–H groups in total. The maximum absolute atomic E-state index is 13.2. The highest BCUT2D eigenvalue weighted by Gasteiger charge is 2.55. The predicted molar refractivity (Wildman–Crippen MR) is 133 cm³/mol. The maximum Gasteiger partial charge on any atom is 0.310 e. The van der Waals surface area contributed by atoms with E-state index in [9.17, 15) is 4.79 Å². The van der Waals surface area contributed by atoms with E-state index in [1.807, 2.05) is 30.3 Å². The van der Waals surface area contributed by atoms with Gasteiger partial charge in [-0.15, -0.1) is 0 Å². The summed E-state index contributed by atoms with van der Waals surface area (Å²) in [5.74, 6) is 2.81. The van der Waals surface area contributed by atoms with E-state index in [-0.39, 0.29) is 29.3 Å². The second-order valence-electron chi connectivity index (χ2n) is 10.8. The third kappa shape index (κ3) is 4.73. The van der Waals surface area contributed by atoms with Gasteiger partial charge in [0.1, 0.15) is 11.9 Å². The molecule has 188 valence electrons. The van der Waals surface area contributed by atoms with Gasteiger partial charge in [0.2, 0.25) is 0 Å². The van der Waals surface area contributed by atoms with Crippen LogP contribution in [0, 0.1) is 23.2 Å². The van der Waals surface area contributed by atoms with Crippen LogP contribution in [0.25, 0.3) is 0 Å². The van der Waals surface area contributed by atoms with E-state index in [1.54, 1.807) is 20.5 Å². The van der Waals surface area contributed by atoms with Gasteiger partial charge in [0.25, 0.3) is 0 Å². The van der Waals surface area contributed by atoms with Crippen LogP contribution in [0.3, 0.4) is 0 Å². The van der Waals surface area contributed by atoms with E-state index >= 15 is 0 Å². The SMILES string of the molecule is C=C1CCCC2(C)CC3OC(=O)C(CN(Cc4ccc(OC)c(OC)c4)Cc4ccco4)C3CC12. The first-order valence-corrected chi connectivity index (χ1v) is 12.7. The molecule has 2 saturated carbocycles. The number of furan rings is 1. The van der Waals surface area contributed by atoms with E-state index in [2.05, 4.69) is 18.4 Å². The molecule has 2 heterocycles. The van der Waals surface area contributed by atoms with Gasteiger partial charge in [-0.05, 0) is 73.3 Å². The number of carbonyl (C=O) groups is 1. The van der Waals surface area contributed by atoms with Gasteiger partial charge in [-0.25, -0.2) is 0 Å². The first-order valence-electron chi connectivity index (χ1n) is 12.7. The number of fused-ring (bicyclic) bond motifs is 2. The van der Waals surface area contributed by atoms with Crippen molar-refractivity contribution in [1.29, 1.82) is 0 Å². The van der Waals surface area contributed by atoms with Crippen molar-refractivity contribution < 1.29 is 23.4 Å². The predicted octanol–water partition coefficient (Wildman–Crippen LogP) is 5.61. The van der Waals surface area contributed by atoms with Gasteiger partial charge in [-0.3, -0.25) is 9.69 Å². The maximum atomic E-state index is 13.2. The molecule has 5 unspecified atom stereocenters. The monoisotopic (exact) mass is 479 g/mol. The first-order chi connectivity index (χ1) is 16.9. The summed E-state index contributed by atoms with van der Waals surface area (Å²) in [5.41, 5.74) is 2.67. The third-order valence-corrected chi connectivity index (χ3v) is 8.59. The van der Waals surface area contributed by atoms with E-state index in [0.29, 0.717) is 37.1 Å². The van der Waals surface area contributed by atoms with Gasteiger partial charge in [0.05, 0.1) is 32.9 Å². The van der Waals surface area contributed by atoms with E-state index in [0.717, 1.165) is 30.6 Å². The molecular weight excluding hydrogens is 442 g/mol. The highest BCUT2D eigenvalue weighted by molar-refractivity contribution is 5.75. The number of ether oxygens (including phenoxy) is 3. The van der Waals surface area contributed by atoms with Crippen molar-refractivity contribution in [3.63, 3.8) is 0 Å². The molecular formula is C29H37NO5. The molecule has 2 aliphatic carbocycles. The molecule has 5 rings (SSSR count). The van der Waals surface area contributed by atoms with Crippen LogP contribution in [-0.2, 0) is 22.6 Å². The molecule has 3 aliphatic rings. The minimum atomic E-state index is -0.144. The summed E-state index contributed by atoms with van der Waals surface area (Å²) in [5, 5.41) is 0. The molecule has 1 saturated heterocycles. The van der Waals surface area contributed by atoms with Crippen molar-refractivity contribution in [3.05, 3.63) is 60.1 Å². The fraction of sp³-hybridized carbons (Fsp3) is 0.552. The normalized spacial score (nSPS) is 30.1. The summed E-state index contributed by atoms with van der Waals surface area (Å²) in [6.45, 7) is 8.72. The standard InChI is InChI=1S/C29H37NO5/c1-19-7-5-11-29(2)15-27-22(14-24(19)29)23(28(31)35-27)18-30(17-21-8-6-12-34-21)16-20-9-10-25(32-3)26(13-20)33-4/h6,8-10,12-13,22-24,27H,1,5,7,11,14-18H2,2-4H3. The second-order valence-corrected chi connectivity index (χ2v) is 10.8. The Labute approximate surface area is 208 Å². The van der Waals surface area contributed by atoms with Crippen LogP contribution in [0.4, 0.5) is 0 Å². The lowest BCUT2D eigenvalue weighted by Crippen LogP contribution is -2.45. The lowest BCUT2D eigenvalue weighted by atomic mass is 9.55. The zero-order valence-corrected chi connectivity index (χ0v) is 21.1. The number of rotatable bonds is 8. The van der Waals surface area contributed by atoms with E-state index in [4.69, 9.17) is 18.6 Å². The van der Waals surface area contributed by atoms with Crippen molar-refractivity contribution in [2.45, 2.75) is 58.2 Å². The number of esters is 1. The molecule has 3 fully saturated rings. The Bertz CT molecular complexity index is 1060. The number of allylic oxidation sites excluding steroid dienone is 1. The topological polar surface area (TPSA) is 61.1 Å². The van der Waals surface area contributed by atoms with Crippen LogP contribution in [-0.4, -0.2) is 37.7 Å². The molecule has 6 nitrogen and oxygen atoms in total. The molecule has 5 atom stereocenters. The second kappa shape index (κ2) is 9.73. The fourth-order valence-electron chi connectivity index (χ4n) is 6.79. The summed E-state index contributed by atoms with van der Waals surface area (Å²) in [7, 11) is 3.28. The van der Waals surface area contributed by atoms with E-state index in [1.165, 1.54) is 18.4 Å². The largest absolute Gasteiger partial charge is 0.493 e. The minimum Gasteiger partial charge on any atom is -0.493 e. The van der Waals surface area contributed by atoms with Crippen molar-refractivity contribution in [2.24, 2.45) is 23.2 Å². The molecule has 2 aromatic rings. The smallest absolute Gasteiger partial charge is 0.310 e. The summed E-state index contributed by atoms with van der Waals surface area (Å²) in [6.07, 6.45) is 7.18. The minimum absolute atomic E-state index is 0.0196. The van der Waals surface area contributed by atoms with Crippen LogP contribution in [0.5, 0.6) is 11.5 Å². The van der Waals surface area contributed by atoms with Crippen LogP contribution >= 0.6 is 0 Å². The van der Waals surface area contributed by atoms with Gasteiger partial charge >= 0.3 is 5.97 Å². The molecule has 0 spiro atoms. The van der Waals surface area contributed by atoms with Gasteiger partial charge < -0.3 is 18.6 Å². The molecule has 35 heavy (non-hydrogen) atoms. The van der Waals surface area contributed by atoms with Gasteiger partial charge in [0, 0.05) is 19.0 Å². The Balaban J connectivity index is 1.37. The van der Waals surface area contributed by atoms with Gasteiger partial charge in [0.15, 0.2) is 11.5 Å². The summed E-state index contributed by atoms with van der Waals surface area (Å²) in [4.78, 5) is 15.5. The van der Waals surface area contributed by atoms with Gasteiger partial charge in [-0.2, -0.15) is 0 Å². The number of carbonyl (C=O) groups excluding carboxylic acids is 1. The van der Waals surface area contributed by atoms with Crippen LogP contribution in [0.2, 0.25) is 0 Å². The molecule has 0 bridgehead atoms. The Kier molecular flexibility index (Phi) is 6.67. The van der Waals surface area contributed by atoms with Crippen LogP contribution in [0.1, 0.15) is 50.4 Å². The number of methoxy groups -OCH3 is 2. The highest BCUT2D eigenvalue weighted by atomic mass is 16.6. The van der Waals surface area contributed by atoms with Crippen molar-refractivity contribution in [1.82, 2.24) is 4.90 Å². The Morgan fingerprint density at radius 3 is 2.74 bits per heavy atom. The molecule has 0 amide bonds. The highest BCUT2D eigenvalue weighted by Crippen LogP contribution is 2.57. The van der Waals surface area contributed by atoms with Crippen molar-refractivity contribution in [3.8, 4) is 11.5 Å².